The monoisotopic (exact) mass is 551 g/mol. The molecule has 37 heavy (non-hydrogen) atoms. The number of likely N-dealkylation sites (tertiary alicyclic amines) is 1. The SMILES string of the molecule is C[SiH](C)O[C@](C)([C@H]1C(=O)N[C@@H]1CC(=O)S[C@H]1CCN(C(=O)OCc2ccc([N+](=O)[O-])cc2)C1)C(C)(C)C. The Hall–Kier alpha value is -2.44. The van der Waals surface area contributed by atoms with Gasteiger partial charge in [-0.15, -0.1) is 0 Å². The molecule has 12 heteroatoms. The summed E-state index contributed by atoms with van der Waals surface area (Å²) in [5, 5.41) is 13.6. The van der Waals surface area contributed by atoms with E-state index in [4.69, 9.17) is 9.16 Å². The number of amides is 2. The average molecular weight is 552 g/mol. The summed E-state index contributed by atoms with van der Waals surface area (Å²) in [4.78, 5) is 49.8. The number of carbonyl (C=O) groups is 3. The minimum atomic E-state index is -1.44. The van der Waals surface area contributed by atoms with Crippen LogP contribution in [0.5, 0.6) is 0 Å². The van der Waals surface area contributed by atoms with Crippen molar-refractivity contribution in [3.63, 3.8) is 0 Å². The fourth-order valence-corrected chi connectivity index (χ4v) is 7.41. The maximum absolute atomic E-state index is 12.9. The molecule has 0 radical (unpaired) electrons. The first-order chi connectivity index (χ1) is 17.2. The second-order valence-electron chi connectivity index (χ2n) is 11.1. The van der Waals surface area contributed by atoms with E-state index in [-0.39, 0.29) is 52.4 Å². The maximum atomic E-state index is 12.9. The van der Waals surface area contributed by atoms with Gasteiger partial charge in [0.05, 0.1) is 22.5 Å². The van der Waals surface area contributed by atoms with Gasteiger partial charge in [-0.05, 0) is 49.5 Å². The number of thioether (sulfide) groups is 1. The lowest BCUT2D eigenvalue weighted by molar-refractivity contribution is -0.384. The first-order valence-electron chi connectivity index (χ1n) is 12.5. The Labute approximate surface area is 223 Å². The first kappa shape index (κ1) is 29.1. The van der Waals surface area contributed by atoms with Crippen molar-refractivity contribution in [3.8, 4) is 0 Å². The third-order valence-electron chi connectivity index (χ3n) is 7.17. The van der Waals surface area contributed by atoms with Crippen molar-refractivity contribution in [3.05, 3.63) is 39.9 Å². The third kappa shape index (κ3) is 6.91. The molecule has 1 aromatic carbocycles. The maximum Gasteiger partial charge on any atom is 0.410 e. The number of nitrogens with zero attached hydrogens (tertiary/aromatic N) is 2. The quantitative estimate of drug-likeness (QED) is 0.212. The molecule has 1 aromatic rings. The molecular formula is C25H37N3O7SSi. The molecule has 0 saturated carbocycles. The minimum Gasteiger partial charge on any atom is -0.445 e. The number of benzene rings is 1. The number of nitro benzene ring substituents is 1. The summed E-state index contributed by atoms with van der Waals surface area (Å²) in [6.07, 6.45) is 0.415. The molecule has 0 aliphatic carbocycles. The standard InChI is InChI=1S/C25H37N3O7SSi/c1-24(2,3)25(4,35-37(5)6)21-19(26-22(21)30)13-20(29)36-18-11-12-27(14-18)23(31)34-15-16-7-9-17(10-8-16)28(32)33/h7-10,18-19,21,37H,11-15H2,1-6H3,(H,26,30)/t18-,19+,21+,25+/m0/s1. The summed E-state index contributed by atoms with van der Waals surface area (Å²) in [5.74, 6) is -0.459. The van der Waals surface area contributed by atoms with Crippen molar-refractivity contribution in [1.29, 1.82) is 0 Å². The number of nitrogens with one attached hydrogen (secondary N) is 1. The highest BCUT2D eigenvalue weighted by Gasteiger charge is 2.57. The van der Waals surface area contributed by atoms with Gasteiger partial charge in [-0.2, -0.15) is 0 Å². The highest BCUT2D eigenvalue weighted by molar-refractivity contribution is 8.14. The predicted octanol–water partition coefficient (Wildman–Crippen LogP) is 3.88. The van der Waals surface area contributed by atoms with E-state index in [1.807, 2.05) is 6.92 Å². The van der Waals surface area contributed by atoms with Gasteiger partial charge in [0.1, 0.15) is 6.61 Å². The molecular weight excluding hydrogens is 514 g/mol. The molecule has 2 aliphatic heterocycles. The van der Waals surface area contributed by atoms with Crippen LogP contribution in [0, 0.1) is 21.4 Å². The molecule has 4 atom stereocenters. The second kappa shape index (κ2) is 11.5. The van der Waals surface area contributed by atoms with Gasteiger partial charge < -0.3 is 19.4 Å². The van der Waals surface area contributed by atoms with Gasteiger partial charge in [-0.1, -0.05) is 32.5 Å². The lowest BCUT2D eigenvalue weighted by Gasteiger charge is -2.54. The van der Waals surface area contributed by atoms with Crippen molar-refractivity contribution >= 4 is 43.6 Å². The van der Waals surface area contributed by atoms with Crippen LogP contribution in [0.25, 0.3) is 0 Å². The van der Waals surface area contributed by atoms with Crippen LogP contribution in [-0.2, 0) is 25.4 Å². The van der Waals surface area contributed by atoms with Gasteiger partial charge in [-0.3, -0.25) is 19.7 Å². The number of β-lactam (4-membered cyclic amide) rings is 1. The molecule has 2 fully saturated rings. The summed E-state index contributed by atoms with van der Waals surface area (Å²) in [6.45, 7) is 13.3. The topological polar surface area (TPSA) is 128 Å². The van der Waals surface area contributed by atoms with Gasteiger partial charge in [0.15, 0.2) is 14.2 Å². The summed E-state index contributed by atoms with van der Waals surface area (Å²) in [7, 11) is -1.44. The summed E-state index contributed by atoms with van der Waals surface area (Å²) in [5.41, 5.74) is -0.308. The Bertz CT molecular complexity index is 1030. The summed E-state index contributed by atoms with van der Waals surface area (Å²) >= 11 is 1.22. The van der Waals surface area contributed by atoms with Gasteiger partial charge in [0.2, 0.25) is 5.91 Å². The Balaban J connectivity index is 1.49. The van der Waals surface area contributed by atoms with Gasteiger partial charge >= 0.3 is 6.09 Å². The molecule has 10 nitrogen and oxygen atoms in total. The Kier molecular flexibility index (Phi) is 9.07. The molecule has 0 aromatic heterocycles. The Morgan fingerprint density at radius 3 is 2.41 bits per heavy atom. The third-order valence-corrected chi connectivity index (χ3v) is 9.28. The number of nitro groups is 1. The van der Waals surface area contributed by atoms with E-state index in [0.29, 0.717) is 25.1 Å². The zero-order chi connectivity index (χ0) is 27.5. The van der Waals surface area contributed by atoms with E-state index in [9.17, 15) is 24.5 Å². The lowest BCUT2D eigenvalue weighted by Crippen LogP contribution is -2.70. The molecule has 0 unspecified atom stereocenters. The molecule has 2 heterocycles. The highest BCUT2D eigenvalue weighted by atomic mass is 32.2. The van der Waals surface area contributed by atoms with E-state index in [2.05, 4.69) is 39.2 Å². The average Bonchev–Trinajstić information content (AvgIpc) is 3.24. The molecule has 2 aliphatic rings. The van der Waals surface area contributed by atoms with Crippen molar-refractivity contribution in [1.82, 2.24) is 10.2 Å². The van der Waals surface area contributed by atoms with E-state index in [0.717, 1.165) is 0 Å². The van der Waals surface area contributed by atoms with Crippen LogP contribution < -0.4 is 5.32 Å². The van der Waals surface area contributed by atoms with Crippen LogP contribution in [0.2, 0.25) is 13.1 Å². The molecule has 204 valence electrons. The Morgan fingerprint density at radius 1 is 1.22 bits per heavy atom. The normalized spacial score (nSPS) is 23.3. The number of non-ortho nitro benzene ring substituents is 1. The first-order valence-corrected chi connectivity index (χ1v) is 16.2. The van der Waals surface area contributed by atoms with Crippen LogP contribution in [0.3, 0.4) is 0 Å². The van der Waals surface area contributed by atoms with Crippen molar-refractivity contribution in [2.24, 2.45) is 11.3 Å². The fourth-order valence-electron chi connectivity index (χ4n) is 4.81. The largest absolute Gasteiger partial charge is 0.445 e. The van der Waals surface area contributed by atoms with E-state index in [1.165, 1.54) is 23.9 Å². The van der Waals surface area contributed by atoms with E-state index in [1.54, 1.807) is 17.0 Å². The number of hydrogen-bond acceptors (Lipinski definition) is 8. The Morgan fingerprint density at radius 2 is 1.86 bits per heavy atom. The summed E-state index contributed by atoms with van der Waals surface area (Å²) in [6, 6.07) is 5.57. The van der Waals surface area contributed by atoms with Crippen molar-refractivity contribution in [2.45, 2.75) is 77.1 Å². The highest BCUT2D eigenvalue weighted by Crippen LogP contribution is 2.45. The molecule has 0 spiro atoms. The number of ether oxygens (including phenoxy) is 1. The number of rotatable bonds is 9. The molecule has 1 N–H and O–H groups in total. The summed E-state index contributed by atoms with van der Waals surface area (Å²) < 4.78 is 11.8. The van der Waals surface area contributed by atoms with Crippen molar-refractivity contribution < 1.29 is 28.5 Å². The fraction of sp³-hybridized carbons (Fsp3) is 0.640. The van der Waals surface area contributed by atoms with Crippen LogP contribution in [-0.4, -0.2) is 66.0 Å². The predicted molar refractivity (Wildman–Crippen MR) is 144 cm³/mol. The zero-order valence-corrected chi connectivity index (χ0v) is 24.3. The van der Waals surface area contributed by atoms with Crippen LogP contribution in [0.1, 0.15) is 46.1 Å². The minimum absolute atomic E-state index is 0.0146. The second-order valence-corrected chi connectivity index (χ2v) is 14.8. The van der Waals surface area contributed by atoms with Crippen molar-refractivity contribution in [2.75, 3.05) is 13.1 Å². The lowest BCUT2D eigenvalue weighted by atomic mass is 9.64. The van der Waals surface area contributed by atoms with Crippen LogP contribution >= 0.6 is 11.8 Å². The van der Waals surface area contributed by atoms with E-state index < -0.39 is 25.7 Å². The number of hydrogen-bond donors (Lipinski definition) is 1. The molecule has 2 amide bonds. The zero-order valence-electron chi connectivity index (χ0n) is 22.3. The molecule has 3 rings (SSSR count). The van der Waals surface area contributed by atoms with Crippen LogP contribution in [0.4, 0.5) is 10.5 Å². The molecule has 0 bridgehead atoms. The van der Waals surface area contributed by atoms with Gasteiger partial charge in [0, 0.05) is 36.9 Å². The van der Waals surface area contributed by atoms with Gasteiger partial charge in [0.25, 0.3) is 5.69 Å². The molecule has 2 saturated heterocycles. The van der Waals surface area contributed by atoms with E-state index >= 15 is 0 Å². The number of carbonyl (C=O) groups excluding carboxylic acids is 3. The van der Waals surface area contributed by atoms with Crippen LogP contribution in [0.15, 0.2) is 24.3 Å². The van der Waals surface area contributed by atoms with Gasteiger partial charge in [-0.25, -0.2) is 4.79 Å². The smallest absolute Gasteiger partial charge is 0.410 e.